The third kappa shape index (κ3) is 3.23. The fourth-order valence-corrected chi connectivity index (χ4v) is 5.82. The van der Waals surface area contributed by atoms with Crippen molar-refractivity contribution in [2.45, 2.75) is 26.5 Å². The summed E-state index contributed by atoms with van der Waals surface area (Å²) in [5.74, 6) is 0. The molecular formula is C19H16O4S2. The summed E-state index contributed by atoms with van der Waals surface area (Å²) in [5, 5.41) is 0. The highest BCUT2D eigenvalue weighted by Gasteiger charge is 2.28. The maximum absolute atomic E-state index is 13.0. The van der Waals surface area contributed by atoms with Crippen LogP contribution in [0.5, 0.6) is 0 Å². The molecule has 0 saturated heterocycles. The van der Waals surface area contributed by atoms with Crippen LogP contribution in [0.25, 0.3) is 0 Å². The van der Waals surface area contributed by atoms with E-state index in [0.717, 1.165) is 5.56 Å². The second kappa shape index (κ2) is 6.46. The Kier molecular flexibility index (Phi) is 4.49. The molecule has 6 heteroatoms. The number of sulfone groups is 2. The molecule has 0 aliphatic carbocycles. The Hall–Kier alpha value is -2.44. The van der Waals surface area contributed by atoms with Gasteiger partial charge in [-0.2, -0.15) is 0 Å². The van der Waals surface area contributed by atoms with Crippen LogP contribution in [-0.2, 0) is 19.7 Å². The quantitative estimate of drug-likeness (QED) is 0.701. The van der Waals surface area contributed by atoms with Gasteiger partial charge in [0.15, 0.2) is 0 Å². The van der Waals surface area contributed by atoms with Crippen molar-refractivity contribution in [2.24, 2.45) is 0 Å². The molecule has 0 amide bonds. The minimum absolute atomic E-state index is 0.0570. The van der Waals surface area contributed by atoms with Crippen LogP contribution in [0.15, 0.2) is 98.4 Å². The summed E-state index contributed by atoms with van der Waals surface area (Å²) in [5.41, 5.74) is 0.921. The molecule has 128 valence electrons. The first-order valence-electron chi connectivity index (χ1n) is 7.54. The van der Waals surface area contributed by atoms with E-state index >= 15 is 0 Å². The van der Waals surface area contributed by atoms with E-state index in [0.29, 0.717) is 0 Å². The van der Waals surface area contributed by atoms with Crippen molar-refractivity contribution in [1.29, 1.82) is 0 Å². The van der Waals surface area contributed by atoms with Crippen LogP contribution >= 0.6 is 0 Å². The second-order valence-corrected chi connectivity index (χ2v) is 9.42. The SMILES string of the molecule is Cc1ccc(S(=O)(=O)c2ccccc2S(=O)(=O)c2ccccc2)cc1. The van der Waals surface area contributed by atoms with Gasteiger partial charge >= 0.3 is 0 Å². The maximum atomic E-state index is 13.0. The Morgan fingerprint density at radius 2 is 0.920 bits per heavy atom. The molecule has 0 fully saturated rings. The van der Waals surface area contributed by atoms with Crippen LogP contribution in [0.4, 0.5) is 0 Å². The highest BCUT2D eigenvalue weighted by Crippen LogP contribution is 2.30. The minimum Gasteiger partial charge on any atom is -0.218 e. The summed E-state index contributed by atoms with van der Waals surface area (Å²) in [6, 6.07) is 19.8. The lowest BCUT2D eigenvalue weighted by atomic mass is 10.2. The third-order valence-electron chi connectivity index (χ3n) is 3.81. The van der Waals surface area contributed by atoms with Crippen molar-refractivity contribution < 1.29 is 16.8 Å². The van der Waals surface area contributed by atoms with Crippen molar-refractivity contribution in [3.05, 3.63) is 84.4 Å². The standard InChI is InChI=1S/C19H16O4S2/c1-15-11-13-17(14-12-15)25(22,23)19-10-6-5-9-18(19)24(20,21)16-7-3-2-4-8-16/h2-14H,1H3. The van der Waals surface area contributed by atoms with E-state index in [1.165, 1.54) is 48.5 Å². The topological polar surface area (TPSA) is 68.3 Å². The Morgan fingerprint density at radius 3 is 1.40 bits per heavy atom. The molecule has 3 rings (SSSR count). The van der Waals surface area contributed by atoms with Gasteiger partial charge in [0.05, 0.1) is 19.6 Å². The van der Waals surface area contributed by atoms with Gasteiger partial charge in [-0.15, -0.1) is 0 Å². The van der Waals surface area contributed by atoms with Crippen molar-refractivity contribution in [2.75, 3.05) is 0 Å². The molecule has 25 heavy (non-hydrogen) atoms. The number of hydrogen-bond acceptors (Lipinski definition) is 4. The minimum atomic E-state index is -3.96. The number of aryl methyl sites for hydroxylation is 1. The van der Waals surface area contributed by atoms with Crippen molar-refractivity contribution >= 4 is 19.7 Å². The molecule has 0 heterocycles. The first kappa shape index (κ1) is 17.4. The molecule has 0 radical (unpaired) electrons. The van der Waals surface area contributed by atoms with Gasteiger partial charge in [0, 0.05) is 0 Å². The Balaban J connectivity index is 2.22. The molecule has 3 aromatic carbocycles. The average molecular weight is 372 g/mol. The summed E-state index contributed by atoms with van der Waals surface area (Å²) in [4.78, 5) is -0.320. The maximum Gasteiger partial charge on any atom is 0.207 e. The van der Waals surface area contributed by atoms with E-state index in [9.17, 15) is 16.8 Å². The van der Waals surface area contributed by atoms with Crippen LogP contribution < -0.4 is 0 Å². The summed E-state index contributed by atoms with van der Waals surface area (Å²) >= 11 is 0. The molecule has 0 aliphatic rings. The molecule has 0 aliphatic heterocycles. The van der Waals surface area contributed by atoms with E-state index in [1.807, 2.05) is 6.92 Å². The largest absolute Gasteiger partial charge is 0.218 e. The van der Waals surface area contributed by atoms with E-state index in [4.69, 9.17) is 0 Å². The summed E-state index contributed by atoms with van der Waals surface area (Å²) in [6.07, 6.45) is 0. The molecule has 0 bridgehead atoms. The molecule has 0 N–H and O–H groups in total. The van der Waals surface area contributed by atoms with Crippen LogP contribution in [0.3, 0.4) is 0 Å². The number of hydrogen-bond donors (Lipinski definition) is 0. The van der Waals surface area contributed by atoms with Crippen molar-refractivity contribution in [3.8, 4) is 0 Å². The van der Waals surface area contributed by atoms with Crippen molar-refractivity contribution in [1.82, 2.24) is 0 Å². The van der Waals surface area contributed by atoms with E-state index in [-0.39, 0.29) is 19.6 Å². The Morgan fingerprint density at radius 1 is 0.520 bits per heavy atom. The van der Waals surface area contributed by atoms with Gasteiger partial charge in [0.1, 0.15) is 0 Å². The normalized spacial score (nSPS) is 12.0. The average Bonchev–Trinajstić information content (AvgIpc) is 2.63. The van der Waals surface area contributed by atoms with Gasteiger partial charge in [-0.05, 0) is 43.3 Å². The zero-order valence-corrected chi connectivity index (χ0v) is 15.1. The second-order valence-electron chi connectivity index (χ2n) is 5.58. The van der Waals surface area contributed by atoms with Crippen molar-refractivity contribution in [3.63, 3.8) is 0 Å². The summed E-state index contributed by atoms with van der Waals surface area (Å²) in [7, 11) is -7.90. The molecule has 0 spiro atoms. The van der Waals surface area contributed by atoms with Crippen LogP contribution in [0.1, 0.15) is 5.56 Å². The Labute approximate surface area is 147 Å². The fourth-order valence-electron chi connectivity index (χ4n) is 2.47. The molecule has 4 nitrogen and oxygen atoms in total. The lowest BCUT2D eigenvalue weighted by Gasteiger charge is -2.11. The predicted octanol–water partition coefficient (Wildman–Crippen LogP) is 3.66. The summed E-state index contributed by atoms with van der Waals surface area (Å²) in [6.45, 7) is 1.85. The van der Waals surface area contributed by atoms with Gasteiger partial charge in [-0.25, -0.2) is 16.8 Å². The molecule has 0 atom stereocenters. The smallest absolute Gasteiger partial charge is 0.207 e. The van der Waals surface area contributed by atoms with E-state index in [1.54, 1.807) is 30.3 Å². The summed E-state index contributed by atoms with van der Waals surface area (Å²) < 4.78 is 51.8. The number of rotatable bonds is 4. The van der Waals surface area contributed by atoms with Gasteiger partial charge in [-0.3, -0.25) is 0 Å². The lowest BCUT2D eigenvalue weighted by Crippen LogP contribution is -2.10. The highest BCUT2D eigenvalue weighted by molar-refractivity contribution is 7.94. The highest BCUT2D eigenvalue weighted by atomic mass is 32.2. The van der Waals surface area contributed by atoms with Gasteiger partial charge in [0.25, 0.3) is 0 Å². The van der Waals surface area contributed by atoms with Gasteiger partial charge in [-0.1, -0.05) is 48.0 Å². The predicted molar refractivity (Wildman–Crippen MR) is 95.0 cm³/mol. The third-order valence-corrected chi connectivity index (χ3v) is 7.60. The fraction of sp³-hybridized carbons (Fsp3) is 0.0526. The van der Waals surface area contributed by atoms with E-state index < -0.39 is 19.7 Å². The first-order chi connectivity index (χ1) is 11.8. The van der Waals surface area contributed by atoms with Gasteiger partial charge in [0.2, 0.25) is 19.7 Å². The lowest BCUT2D eigenvalue weighted by molar-refractivity contribution is 0.582. The molecule has 0 unspecified atom stereocenters. The molecule has 0 saturated carbocycles. The van der Waals surface area contributed by atoms with Gasteiger partial charge < -0.3 is 0 Å². The molecular weight excluding hydrogens is 356 g/mol. The monoisotopic (exact) mass is 372 g/mol. The molecule has 0 aromatic heterocycles. The van der Waals surface area contributed by atoms with Crippen LogP contribution in [0.2, 0.25) is 0 Å². The zero-order chi connectivity index (χ0) is 18.1. The molecule has 3 aromatic rings. The van der Waals surface area contributed by atoms with Crippen LogP contribution in [0, 0.1) is 6.92 Å². The Bertz CT molecular complexity index is 1100. The van der Waals surface area contributed by atoms with Crippen LogP contribution in [-0.4, -0.2) is 16.8 Å². The number of benzene rings is 3. The van der Waals surface area contributed by atoms with E-state index in [2.05, 4.69) is 0 Å². The zero-order valence-electron chi connectivity index (χ0n) is 13.5. The first-order valence-corrected chi connectivity index (χ1v) is 10.5.